The first-order valence-electron chi connectivity index (χ1n) is 14.2. The molecule has 7 nitrogen and oxygen atoms in total. The summed E-state index contributed by atoms with van der Waals surface area (Å²) in [5.74, 6) is -0.458. The quantitative estimate of drug-likeness (QED) is 0.139. The Morgan fingerprint density at radius 1 is 0.878 bits per heavy atom. The number of carbonyl (C=O) groups is 1. The number of carbonyl (C=O) groups excluding carboxylic acids is 1. The predicted molar refractivity (Wildman–Crippen MR) is 154 cm³/mol. The van der Waals surface area contributed by atoms with Gasteiger partial charge < -0.3 is 28.4 Å². The molecular weight excluding hydrogens is 520 g/mol. The molecule has 1 spiro atoms. The van der Waals surface area contributed by atoms with Crippen LogP contribution in [0.3, 0.4) is 0 Å². The third kappa shape index (κ3) is 8.05. The van der Waals surface area contributed by atoms with E-state index in [1.165, 1.54) is 0 Å². The summed E-state index contributed by atoms with van der Waals surface area (Å²) in [6, 6.07) is 26.9. The molecule has 1 aliphatic carbocycles. The summed E-state index contributed by atoms with van der Waals surface area (Å²) in [5, 5.41) is 0. The molecule has 2 fully saturated rings. The summed E-state index contributed by atoms with van der Waals surface area (Å²) in [6.45, 7) is 1.62. The molecule has 1 heterocycles. The first-order valence-corrected chi connectivity index (χ1v) is 14.2. The monoisotopic (exact) mass is 558 g/mol. The molecule has 0 radical (unpaired) electrons. The lowest BCUT2D eigenvalue weighted by molar-refractivity contribution is -0.177. The molecule has 7 heteroatoms. The Morgan fingerprint density at radius 3 is 2.15 bits per heavy atom. The van der Waals surface area contributed by atoms with Gasteiger partial charge in [0.15, 0.2) is 5.79 Å². The fourth-order valence-electron chi connectivity index (χ4n) is 5.26. The van der Waals surface area contributed by atoms with E-state index in [9.17, 15) is 4.79 Å². The van der Waals surface area contributed by atoms with Gasteiger partial charge in [0.05, 0.1) is 39.1 Å². The molecular formula is C34H38O7. The Bertz CT molecular complexity index is 1240. The number of hydrogen-bond donors (Lipinski definition) is 0. The van der Waals surface area contributed by atoms with Crippen molar-refractivity contribution in [2.24, 2.45) is 0 Å². The number of hydrogen-bond acceptors (Lipinski definition) is 7. The highest BCUT2D eigenvalue weighted by molar-refractivity contribution is 5.89. The minimum Gasteiger partial charge on any atom is -0.497 e. The van der Waals surface area contributed by atoms with Crippen molar-refractivity contribution in [3.63, 3.8) is 0 Å². The summed E-state index contributed by atoms with van der Waals surface area (Å²) in [7, 11) is 1.59. The van der Waals surface area contributed by atoms with E-state index in [4.69, 9.17) is 28.4 Å². The summed E-state index contributed by atoms with van der Waals surface area (Å²) in [4.78, 5) is 13.2. The summed E-state index contributed by atoms with van der Waals surface area (Å²) in [5.41, 5.74) is 2.60. The molecule has 3 atom stereocenters. The maximum absolute atomic E-state index is 13.2. The van der Waals surface area contributed by atoms with Crippen LogP contribution in [-0.2, 0) is 36.9 Å². The summed E-state index contributed by atoms with van der Waals surface area (Å²) >= 11 is 0. The van der Waals surface area contributed by atoms with Crippen molar-refractivity contribution in [1.29, 1.82) is 0 Å². The number of methoxy groups -OCH3 is 1. The lowest BCUT2D eigenvalue weighted by atomic mass is 10.1. The fourth-order valence-corrected chi connectivity index (χ4v) is 5.26. The molecule has 0 unspecified atom stereocenters. The Hall–Kier alpha value is -3.49. The molecule has 3 aromatic carbocycles. The van der Waals surface area contributed by atoms with Gasteiger partial charge in [0.25, 0.3) is 0 Å². The van der Waals surface area contributed by atoms with Crippen LogP contribution in [0.4, 0.5) is 0 Å². The van der Waals surface area contributed by atoms with Crippen molar-refractivity contribution in [1.82, 2.24) is 0 Å². The van der Waals surface area contributed by atoms with E-state index >= 15 is 0 Å². The molecule has 2 aliphatic rings. The van der Waals surface area contributed by atoms with Gasteiger partial charge in [-0.1, -0.05) is 66.7 Å². The number of rotatable bonds is 13. The van der Waals surface area contributed by atoms with Crippen LogP contribution >= 0.6 is 0 Å². The van der Waals surface area contributed by atoms with Crippen LogP contribution in [0.1, 0.15) is 47.2 Å². The van der Waals surface area contributed by atoms with E-state index in [0.29, 0.717) is 37.7 Å². The van der Waals surface area contributed by atoms with Crippen LogP contribution < -0.4 is 4.74 Å². The third-order valence-corrected chi connectivity index (χ3v) is 7.39. The second-order valence-electron chi connectivity index (χ2n) is 10.4. The molecule has 0 amide bonds. The van der Waals surface area contributed by atoms with Crippen LogP contribution in [0, 0.1) is 0 Å². The van der Waals surface area contributed by atoms with Crippen molar-refractivity contribution in [2.45, 2.75) is 63.0 Å². The zero-order chi connectivity index (χ0) is 28.3. The maximum atomic E-state index is 13.2. The second-order valence-corrected chi connectivity index (χ2v) is 10.4. The predicted octanol–water partition coefficient (Wildman–Crippen LogP) is 6.26. The highest BCUT2D eigenvalue weighted by Gasteiger charge is 2.52. The Morgan fingerprint density at radius 2 is 1.51 bits per heavy atom. The van der Waals surface area contributed by atoms with Gasteiger partial charge >= 0.3 is 5.97 Å². The maximum Gasteiger partial charge on any atom is 0.338 e. The Balaban J connectivity index is 1.30. The van der Waals surface area contributed by atoms with Crippen LogP contribution in [0.15, 0.2) is 97.1 Å². The molecule has 41 heavy (non-hydrogen) atoms. The molecule has 1 saturated heterocycles. The largest absolute Gasteiger partial charge is 0.497 e. The normalized spacial score (nSPS) is 20.4. The number of esters is 1. The van der Waals surface area contributed by atoms with Gasteiger partial charge in [-0.25, -0.2) is 4.79 Å². The summed E-state index contributed by atoms with van der Waals surface area (Å²) < 4.78 is 36.4. The minimum absolute atomic E-state index is 0.316. The molecule has 216 valence electrons. The van der Waals surface area contributed by atoms with E-state index in [-0.39, 0.29) is 0 Å². The molecule has 0 N–H and O–H groups in total. The molecule has 0 aromatic heterocycles. The van der Waals surface area contributed by atoms with Crippen LogP contribution in [0.5, 0.6) is 5.75 Å². The van der Waals surface area contributed by atoms with E-state index in [1.54, 1.807) is 31.4 Å². The Kier molecular flexibility index (Phi) is 10.2. The van der Waals surface area contributed by atoms with E-state index in [1.807, 2.05) is 72.8 Å². The van der Waals surface area contributed by atoms with E-state index in [2.05, 4.69) is 0 Å². The lowest BCUT2D eigenvalue weighted by Gasteiger charge is -2.25. The molecule has 5 rings (SSSR count). The third-order valence-electron chi connectivity index (χ3n) is 7.39. The average Bonchev–Trinajstić information content (AvgIpc) is 3.63. The van der Waals surface area contributed by atoms with Crippen molar-refractivity contribution in [2.75, 3.05) is 20.3 Å². The van der Waals surface area contributed by atoms with Crippen molar-refractivity contribution < 1.29 is 33.2 Å². The van der Waals surface area contributed by atoms with Crippen molar-refractivity contribution in [3.05, 3.63) is 114 Å². The van der Waals surface area contributed by atoms with E-state index in [0.717, 1.165) is 36.8 Å². The molecule has 0 bridgehead atoms. The van der Waals surface area contributed by atoms with Crippen molar-refractivity contribution >= 4 is 5.97 Å². The SMILES string of the molecule is COc1ccc(C(=O)O[C@H](/C=C/COCc2ccccc2)[C@@H]2OC3(CCCC3)O[C@@H]2COCc2ccccc2)cc1. The molecule has 1 saturated carbocycles. The van der Waals surface area contributed by atoms with Crippen LogP contribution in [-0.4, -0.2) is 50.4 Å². The zero-order valence-electron chi connectivity index (χ0n) is 23.5. The molecule has 1 aliphatic heterocycles. The highest BCUT2D eigenvalue weighted by Crippen LogP contribution is 2.43. The molecule has 3 aromatic rings. The summed E-state index contributed by atoms with van der Waals surface area (Å²) in [6.07, 6.45) is 5.77. The fraction of sp³-hybridized carbons (Fsp3) is 0.382. The van der Waals surface area contributed by atoms with Gasteiger partial charge in [0, 0.05) is 12.8 Å². The van der Waals surface area contributed by atoms with Gasteiger partial charge in [0.2, 0.25) is 0 Å². The van der Waals surface area contributed by atoms with Gasteiger partial charge in [-0.2, -0.15) is 0 Å². The number of ether oxygens (including phenoxy) is 6. The first-order chi connectivity index (χ1) is 20.1. The zero-order valence-corrected chi connectivity index (χ0v) is 23.5. The van der Waals surface area contributed by atoms with Crippen LogP contribution in [0.2, 0.25) is 0 Å². The Labute approximate surface area is 242 Å². The first kappa shape index (κ1) is 29.0. The van der Waals surface area contributed by atoms with E-state index < -0.39 is 30.1 Å². The standard InChI is InChI=1S/C34H38O7/c1-36-29-18-16-28(17-19-29)33(35)39-30(15-10-22-37-23-26-11-4-2-5-12-26)32-31(40-34(41-32)20-8-9-21-34)25-38-24-27-13-6-3-7-14-27/h2-7,10-19,30-32H,8-9,20-25H2,1H3/b15-10+/t30-,31-,32+/m1/s1. The average molecular weight is 559 g/mol. The minimum atomic E-state index is -0.699. The van der Waals surface area contributed by atoms with Gasteiger partial charge in [-0.05, 0) is 54.3 Å². The topological polar surface area (TPSA) is 72.5 Å². The highest BCUT2D eigenvalue weighted by atomic mass is 16.8. The van der Waals surface area contributed by atoms with Crippen molar-refractivity contribution in [3.8, 4) is 5.75 Å². The van der Waals surface area contributed by atoms with Gasteiger partial charge in [-0.3, -0.25) is 0 Å². The number of benzene rings is 3. The smallest absolute Gasteiger partial charge is 0.338 e. The lowest BCUT2D eigenvalue weighted by Crippen LogP contribution is -2.40. The second kappa shape index (κ2) is 14.4. The van der Waals surface area contributed by atoms with Gasteiger partial charge in [0.1, 0.15) is 24.1 Å². The van der Waals surface area contributed by atoms with Gasteiger partial charge in [-0.15, -0.1) is 0 Å². The van der Waals surface area contributed by atoms with Crippen LogP contribution in [0.25, 0.3) is 0 Å².